The van der Waals surface area contributed by atoms with Crippen LogP contribution >= 0.6 is 0 Å². The van der Waals surface area contributed by atoms with E-state index >= 15 is 0 Å². The Hall–Kier alpha value is -3.33. The first kappa shape index (κ1) is 25.3. The van der Waals surface area contributed by atoms with Crippen molar-refractivity contribution < 1.29 is 13.2 Å². The van der Waals surface area contributed by atoms with Gasteiger partial charge < -0.3 is 15.5 Å². The second kappa shape index (κ2) is 12.2. The van der Waals surface area contributed by atoms with Crippen molar-refractivity contribution in [3.05, 3.63) is 66.2 Å². The number of hydrogen-bond acceptors (Lipinski definition) is 5. The number of anilines is 2. The molecule has 1 aliphatic rings. The number of nitrogens with one attached hydrogen (secondary N) is 2. The van der Waals surface area contributed by atoms with Gasteiger partial charge in [0.15, 0.2) is 0 Å². The molecule has 9 heteroatoms. The first-order valence-corrected chi connectivity index (χ1v) is 11.5. The number of halogens is 3. The molecule has 2 N–H and O–H groups in total. The maximum Gasteiger partial charge on any atom is 0.236 e. The van der Waals surface area contributed by atoms with Crippen LogP contribution in [0.2, 0.25) is 0 Å². The Labute approximate surface area is 197 Å². The first-order valence-electron chi connectivity index (χ1n) is 11.5. The molecule has 34 heavy (non-hydrogen) atoms. The highest BCUT2D eigenvalue weighted by Crippen LogP contribution is 2.28. The molecular weight excluding hydrogens is 441 g/mol. The van der Waals surface area contributed by atoms with Crippen molar-refractivity contribution in [1.29, 1.82) is 0 Å². The van der Waals surface area contributed by atoms with Gasteiger partial charge in [0.2, 0.25) is 12.2 Å². The zero-order valence-electron chi connectivity index (χ0n) is 19.7. The van der Waals surface area contributed by atoms with Gasteiger partial charge in [0.25, 0.3) is 0 Å². The quantitative estimate of drug-likeness (QED) is 0.420. The molecule has 0 spiro atoms. The monoisotopic (exact) mass is 472 g/mol. The molecule has 2 aromatic heterocycles. The molecule has 0 unspecified atom stereocenters. The molecule has 0 atom stereocenters. The summed E-state index contributed by atoms with van der Waals surface area (Å²) in [5.41, 5.74) is 2.81. The summed E-state index contributed by atoms with van der Waals surface area (Å²) in [6.45, 7) is 9.11. The van der Waals surface area contributed by atoms with Crippen LogP contribution in [0.15, 0.2) is 54.9 Å². The molecule has 1 saturated heterocycles. The number of rotatable bonds is 4. The second-order valence-corrected chi connectivity index (χ2v) is 7.46. The van der Waals surface area contributed by atoms with Gasteiger partial charge in [-0.25, -0.2) is 18.2 Å². The van der Waals surface area contributed by atoms with Crippen LogP contribution in [0.25, 0.3) is 16.7 Å². The minimum atomic E-state index is -2.17. The molecule has 6 nitrogen and oxygen atoms in total. The van der Waals surface area contributed by atoms with E-state index in [9.17, 15) is 13.2 Å². The summed E-state index contributed by atoms with van der Waals surface area (Å²) in [6.07, 6.45) is 1.49. The van der Waals surface area contributed by atoms with Crippen molar-refractivity contribution in [2.24, 2.45) is 0 Å². The van der Waals surface area contributed by atoms with E-state index in [1.165, 1.54) is 11.8 Å². The number of aromatic nitrogens is 3. The Morgan fingerprint density at radius 2 is 1.79 bits per heavy atom. The number of fused-ring (bicyclic) bond motifs is 3. The van der Waals surface area contributed by atoms with Crippen molar-refractivity contribution in [3.8, 4) is 0 Å². The maximum absolute atomic E-state index is 14.0. The largest absolute Gasteiger partial charge is 0.369 e. The smallest absolute Gasteiger partial charge is 0.236 e. The SMILES string of the molecule is CC.CC(F)F.Fc1ccccc1CNc1nc2nccn2c2ccc(N3CCNCC3)cc12. The normalized spacial score (nSPS) is 13.3. The third kappa shape index (κ3) is 6.17. The van der Waals surface area contributed by atoms with Crippen molar-refractivity contribution in [2.75, 3.05) is 36.4 Å². The van der Waals surface area contributed by atoms with E-state index in [4.69, 9.17) is 0 Å². The van der Waals surface area contributed by atoms with E-state index in [1.54, 1.807) is 18.3 Å². The van der Waals surface area contributed by atoms with Crippen LogP contribution in [-0.4, -0.2) is 47.0 Å². The van der Waals surface area contributed by atoms with Crippen LogP contribution in [-0.2, 0) is 6.54 Å². The van der Waals surface area contributed by atoms with Crippen molar-refractivity contribution in [1.82, 2.24) is 19.7 Å². The van der Waals surface area contributed by atoms with Gasteiger partial charge in [-0.05, 0) is 31.2 Å². The summed E-state index contributed by atoms with van der Waals surface area (Å²) in [5, 5.41) is 7.70. The maximum atomic E-state index is 14.0. The minimum absolute atomic E-state index is 0.220. The molecule has 182 valence electrons. The molecule has 1 aliphatic heterocycles. The van der Waals surface area contributed by atoms with Crippen LogP contribution in [0.3, 0.4) is 0 Å². The van der Waals surface area contributed by atoms with E-state index in [0.717, 1.165) is 44.0 Å². The summed E-state index contributed by atoms with van der Waals surface area (Å²) < 4.78 is 36.7. The molecule has 0 aliphatic carbocycles. The standard InChI is InChI=1S/C21H21FN6.C2H4F2.C2H6/c22-18-4-2-1-3-15(18)14-25-20-17-13-16(27-10-7-23-8-11-27)5-6-19(17)28-12-9-24-21(28)26-20;1-2(3)4;1-2/h1-6,9,12-13,23H,7-8,10-11,14H2,(H,24,25,26);2H,1H3;1-2H3. The van der Waals surface area contributed by atoms with E-state index in [1.807, 2.05) is 30.5 Å². The Bertz CT molecular complexity index is 1190. The Morgan fingerprint density at radius 1 is 1.09 bits per heavy atom. The van der Waals surface area contributed by atoms with Gasteiger partial charge in [-0.1, -0.05) is 32.0 Å². The van der Waals surface area contributed by atoms with Crippen LogP contribution in [0, 0.1) is 5.82 Å². The number of benzene rings is 2. The molecule has 0 radical (unpaired) electrons. The summed E-state index contributed by atoms with van der Waals surface area (Å²) in [4.78, 5) is 11.4. The van der Waals surface area contributed by atoms with Crippen LogP contribution in [0.4, 0.5) is 24.7 Å². The number of imidazole rings is 1. The predicted octanol–water partition coefficient (Wildman–Crippen LogP) is 5.34. The van der Waals surface area contributed by atoms with E-state index in [-0.39, 0.29) is 5.82 Å². The lowest BCUT2D eigenvalue weighted by Crippen LogP contribution is -2.43. The van der Waals surface area contributed by atoms with Crippen LogP contribution < -0.4 is 15.5 Å². The lowest BCUT2D eigenvalue weighted by atomic mass is 10.1. The fourth-order valence-corrected chi connectivity index (χ4v) is 3.73. The van der Waals surface area contributed by atoms with Crippen molar-refractivity contribution >= 4 is 28.2 Å². The van der Waals surface area contributed by atoms with E-state index < -0.39 is 6.43 Å². The van der Waals surface area contributed by atoms with Gasteiger partial charge >= 0.3 is 0 Å². The summed E-state index contributed by atoms with van der Waals surface area (Å²) in [5.74, 6) is 1.12. The van der Waals surface area contributed by atoms with Gasteiger partial charge in [-0.3, -0.25) is 4.40 Å². The Kier molecular flexibility index (Phi) is 9.09. The highest BCUT2D eigenvalue weighted by Gasteiger charge is 2.15. The predicted molar refractivity (Wildman–Crippen MR) is 132 cm³/mol. The van der Waals surface area contributed by atoms with Crippen molar-refractivity contribution in [3.63, 3.8) is 0 Å². The number of alkyl halides is 2. The topological polar surface area (TPSA) is 57.5 Å². The minimum Gasteiger partial charge on any atom is -0.369 e. The molecule has 0 bridgehead atoms. The highest BCUT2D eigenvalue weighted by molar-refractivity contribution is 5.93. The lowest BCUT2D eigenvalue weighted by Gasteiger charge is -2.29. The molecule has 3 heterocycles. The third-order valence-electron chi connectivity index (χ3n) is 5.21. The fourth-order valence-electron chi connectivity index (χ4n) is 3.73. The van der Waals surface area contributed by atoms with Gasteiger partial charge in [0.1, 0.15) is 11.6 Å². The zero-order chi connectivity index (χ0) is 24.5. The summed E-state index contributed by atoms with van der Waals surface area (Å²) in [6, 6.07) is 13.2. The zero-order valence-corrected chi connectivity index (χ0v) is 19.7. The molecular formula is C25H31F3N6. The average Bonchev–Trinajstić information content (AvgIpc) is 3.33. The summed E-state index contributed by atoms with van der Waals surface area (Å²) >= 11 is 0. The molecule has 2 aromatic carbocycles. The molecule has 0 amide bonds. The lowest BCUT2D eigenvalue weighted by molar-refractivity contribution is 0.171. The third-order valence-corrected chi connectivity index (χ3v) is 5.21. The first-order chi connectivity index (χ1) is 16.5. The van der Waals surface area contributed by atoms with E-state index in [0.29, 0.717) is 23.7 Å². The molecule has 0 saturated carbocycles. The Morgan fingerprint density at radius 3 is 2.50 bits per heavy atom. The average molecular weight is 473 g/mol. The van der Waals surface area contributed by atoms with Gasteiger partial charge in [0, 0.05) is 61.8 Å². The van der Waals surface area contributed by atoms with Gasteiger partial charge in [0.05, 0.1) is 5.52 Å². The number of hydrogen-bond donors (Lipinski definition) is 2. The number of nitrogens with zero attached hydrogens (tertiary/aromatic N) is 4. The summed E-state index contributed by atoms with van der Waals surface area (Å²) in [7, 11) is 0. The highest BCUT2D eigenvalue weighted by atomic mass is 19.3. The van der Waals surface area contributed by atoms with Gasteiger partial charge in [-0.15, -0.1) is 0 Å². The number of piperazine rings is 1. The molecule has 1 fully saturated rings. The van der Waals surface area contributed by atoms with Crippen LogP contribution in [0.5, 0.6) is 0 Å². The molecule has 4 aromatic rings. The van der Waals surface area contributed by atoms with Gasteiger partial charge in [-0.2, -0.15) is 4.98 Å². The molecule has 5 rings (SSSR count). The van der Waals surface area contributed by atoms with Crippen molar-refractivity contribution in [2.45, 2.75) is 33.7 Å². The second-order valence-electron chi connectivity index (χ2n) is 7.46. The fraction of sp³-hybridized carbons (Fsp3) is 0.360. The van der Waals surface area contributed by atoms with Crippen LogP contribution in [0.1, 0.15) is 26.3 Å². The van der Waals surface area contributed by atoms with E-state index in [2.05, 4.69) is 43.7 Å². The Balaban J connectivity index is 0.000000492.